The average molecular weight is 351 g/mol. The Morgan fingerprint density at radius 3 is 2.46 bits per heavy atom. The van der Waals surface area contributed by atoms with Gasteiger partial charge in [-0.3, -0.25) is 9.59 Å². The third-order valence-electron chi connectivity index (χ3n) is 4.28. The van der Waals surface area contributed by atoms with E-state index in [1.54, 1.807) is 6.08 Å². The van der Waals surface area contributed by atoms with E-state index >= 15 is 0 Å². The molecule has 0 unspecified atom stereocenters. The number of aryl methyl sites for hydroxylation is 1. The summed E-state index contributed by atoms with van der Waals surface area (Å²) in [6.45, 7) is 3.81. The van der Waals surface area contributed by atoms with E-state index in [1.807, 2.05) is 19.9 Å². The molecule has 1 aromatic rings. The molecule has 2 N–H and O–H groups in total. The molecule has 0 aliphatic heterocycles. The number of nitrogens with one attached hydrogen (secondary N) is 1. The Hall–Kier alpha value is -2.15. The van der Waals surface area contributed by atoms with E-state index in [1.165, 1.54) is 18.4 Å². The first-order chi connectivity index (χ1) is 11.4. The number of esters is 1. The highest BCUT2D eigenvalue weighted by Gasteiger charge is 2.35. The number of hydrogen-bond donors (Lipinski definition) is 2. The van der Waals surface area contributed by atoms with Crippen molar-refractivity contribution in [2.24, 2.45) is 11.8 Å². The van der Waals surface area contributed by atoms with Crippen LogP contribution in [-0.4, -0.2) is 30.1 Å². The summed E-state index contributed by atoms with van der Waals surface area (Å²) in [5.41, 5.74) is 1.22. The molecule has 1 heterocycles. The number of aliphatic carboxylic acids is 1. The van der Waals surface area contributed by atoms with Crippen molar-refractivity contribution in [1.82, 2.24) is 0 Å². The van der Waals surface area contributed by atoms with Crippen molar-refractivity contribution in [3.8, 4) is 0 Å². The highest BCUT2D eigenvalue weighted by molar-refractivity contribution is 7.16. The van der Waals surface area contributed by atoms with E-state index in [2.05, 4.69) is 5.32 Å². The minimum Gasteiger partial charge on any atom is -0.481 e. The molecule has 2 rings (SSSR count). The second-order valence-corrected chi connectivity index (χ2v) is 6.89. The Bertz CT molecular complexity index is 691. The number of methoxy groups -OCH3 is 1. The van der Waals surface area contributed by atoms with Crippen LogP contribution in [0.3, 0.4) is 0 Å². The highest BCUT2D eigenvalue weighted by atomic mass is 32.1. The van der Waals surface area contributed by atoms with Gasteiger partial charge >= 0.3 is 11.9 Å². The van der Waals surface area contributed by atoms with Crippen LogP contribution >= 0.6 is 11.3 Å². The quantitative estimate of drug-likeness (QED) is 0.628. The van der Waals surface area contributed by atoms with Gasteiger partial charge in [0.1, 0.15) is 5.00 Å². The SMILES string of the molecule is CCc1c(C)sc(NC(=O)[C@@H]2CC=CC[C@@H]2C(=O)O)c1C(=O)OC. The third kappa shape index (κ3) is 3.51. The Labute approximate surface area is 144 Å². The molecular formula is C17H21NO5S. The van der Waals surface area contributed by atoms with E-state index < -0.39 is 23.8 Å². The first kappa shape index (κ1) is 18.2. The van der Waals surface area contributed by atoms with Crippen molar-refractivity contribution in [2.45, 2.75) is 33.1 Å². The lowest BCUT2D eigenvalue weighted by molar-refractivity contribution is -0.146. The van der Waals surface area contributed by atoms with Crippen LogP contribution in [0.25, 0.3) is 0 Å². The molecule has 1 aliphatic rings. The molecule has 0 saturated carbocycles. The number of thiophene rings is 1. The van der Waals surface area contributed by atoms with E-state index in [-0.39, 0.29) is 5.91 Å². The number of anilines is 1. The summed E-state index contributed by atoms with van der Waals surface area (Å²) < 4.78 is 4.83. The largest absolute Gasteiger partial charge is 0.481 e. The zero-order valence-corrected chi connectivity index (χ0v) is 14.7. The average Bonchev–Trinajstić information content (AvgIpc) is 2.88. The molecule has 24 heavy (non-hydrogen) atoms. The molecular weight excluding hydrogens is 330 g/mol. The van der Waals surface area contributed by atoms with E-state index in [4.69, 9.17) is 4.74 Å². The lowest BCUT2D eigenvalue weighted by Crippen LogP contribution is -2.34. The lowest BCUT2D eigenvalue weighted by atomic mass is 9.82. The van der Waals surface area contributed by atoms with Crippen molar-refractivity contribution in [1.29, 1.82) is 0 Å². The molecule has 7 heteroatoms. The zero-order chi connectivity index (χ0) is 17.9. The number of carbonyl (C=O) groups is 3. The first-order valence-electron chi connectivity index (χ1n) is 7.79. The van der Waals surface area contributed by atoms with Crippen molar-refractivity contribution in [3.63, 3.8) is 0 Å². The molecule has 0 bridgehead atoms. The van der Waals surface area contributed by atoms with Crippen LogP contribution in [0.15, 0.2) is 12.2 Å². The number of carboxylic acid groups (broad SMARTS) is 1. The van der Waals surface area contributed by atoms with Gasteiger partial charge in [0.05, 0.1) is 24.5 Å². The van der Waals surface area contributed by atoms with Crippen LogP contribution in [-0.2, 0) is 20.7 Å². The molecule has 0 saturated heterocycles. The molecule has 1 amide bonds. The van der Waals surface area contributed by atoms with E-state index in [9.17, 15) is 19.5 Å². The zero-order valence-electron chi connectivity index (χ0n) is 13.9. The van der Waals surface area contributed by atoms with Gasteiger partial charge in [-0.05, 0) is 31.7 Å². The molecule has 0 spiro atoms. The fourth-order valence-electron chi connectivity index (χ4n) is 2.99. The number of amides is 1. The molecule has 0 aromatic carbocycles. The molecule has 6 nitrogen and oxygen atoms in total. The van der Waals surface area contributed by atoms with Crippen LogP contribution in [0.5, 0.6) is 0 Å². The topological polar surface area (TPSA) is 92.7 Å². The lowest BCUT2D eigenvalue weighted by Gasteiger charge is -2.24. The summed E-state index contributed by atoms with van der Waals surface area (Å²) >= 11 is 1.31. The van der Waals surface area contributed by atoms with Gasteiger partial charge < -0.3 is 15.2 Å². The fourth-order valence-corrected chi connectivity index (χ4v) is 4.13. The number of hydrogen-bond acceptors (Lipinski definition) is 5. The number of allylic oxidation sites excluding steroid dienone is 2. The van der Waals surface area contributed by atoms with E-state index in [0.29, 0.717) is 29.8 Å². The maximum absolute atomic E-state index is 12.6. The Morgan fingerprint density at radius 1 is 1.29 bits per heavy atom. The van der Waals surface area contributed by atoms with Crippen molar-refractivity contribution < 1.29 is 24.2 Å². The minimum atomic E-state index is -0.982. The van der Waals surface area contributed by atoms with Crippen molar-refractivity contribution >= 4 is 34.2 Å². The minimum absolute atomic E-state index is 0.334. The van der Waals surface area contributed by atoms with Gasteiger partial charge in [0, 0.05) is 4.88 Å². The van der Waals surface area contributed by atoms with Crippen LogP contribution in [0.4, 0.5) is 5.00 Å². The summed E-state index contributed by atoms with van der Waals surface area (Å²) in [4.78, 5) is 37.0. The number of carboxylic acids is 1. The van der Waals surface area contributed by atoms with Crippen LogP contribution in [0.2, 0.25) is 0 Å². The first-order valence-corrected chi connectivity index (χ1v) is 8.61. The Balaban J connectivity index is 2.30. The van der Waals surface area contributed by atoms with Gasteiger partial charge in [-0.1, -0.05) is 19.1 Å². The summed E-state index contributed by atoms with van der Waals surface area (Å²) in [7, 11) is 1.30. The molecule has 0 radical (unpaired) electrons. The third-order valence-corrected chi connectivity index (χ3v) is 5.34. The highest BCUT2D eigenvalue weighted by Crippen LogP contribution is 2.35. The van der Waals surface area contributed by atoms with Gasteiger partial charge in [-0.2, -0.15) is 0 Å². The second-order valence-electron chi connectivity index (χ2n) is 5.67. The van der Waals surface area contributed by atoms with Crippen molar-refractivity contribution in [3.05, 3.63) is 28.2 Å². The maximum atomic E-state index is 12.6. The summed E-state index contributed by atoms with van der Waals surface area (Å²) in [5.74, 6) is -3.25. The molecule has 2 atom stereocenters. The smallest absolute Gasteiger partial charge is 0.341 e. The molecule has 0 fully saturated rings. The standard InChI is InChI=1S/C17H21NO5S/c1-4-10-9(2)24-15(13(10)17(22)23-3)18-14(19)11-7-5-6-8-12(11)16(20)21/h5-6,11-12H,4,7-8H2,1-3H3,(H,18,19)(H,20,21)/t11-,12+/m1/s1. The van der Waals surface area contributed by atoms with E-state index in [0.717, 1.165) is 10.4 Å². The molecule has 1 aromatic heterocycles. The number of ether oxygens (including phenoxy) is 1. The van der Waals surface area contributed by atoms with Gasteiger partial charge in [0.2, 0.25) is 5.91 Å². The predicted molar refractivity (Wildman–Crippen MR) is 91.4 cm³/mol. The van der Waals surface area contributed by atoms with Gasteiger partial charge in [-0.15, -0.1) is 11.3 Å². The molecule has 1 aliphatic carbocycles. The Morgan fingerprint density at radius 2 is 1.92 bits per heavy atom. The summed E-state index contributed by atoms with van der Waals surface area (Å²) in [6, 6.07) is 0. The predicted octanol–water partition coefficient (Wildman–Crippen LogP) is 3.01. The summed E-state index contributed by atoms with van der Waals surface area (Å²) in [6.07, 6.45) is 4.96. The number of carbonyl (C=O) groups excluding carboxylic acids is 2. The van der Waals surface area contributed by atoms with Gasteiger partial charge in [0.25, 0.3) is 0 Å². The van der Waals surface area contributed by atoms with Crippen LogP contribution in [0, 0.1) is 18.8 Å². The summed E-state index contributed by atoms with van der Waals surface area (Å²) in [5, 5.41) is 12.5. The van der Waals surface area contributed by atoms with Crippen LogP contribution < -0.4 is 5.32 Å². The van der Waals surface area contributed by atoms with Crippen LogP contribution in [0.1, 0.15) is 40.6 Å². The van der Waals surface area contributed by atoms with Gasteiger partial charge in [-0.25, -0.2) is 4.79 Å². The monoisotopic (exact) mass is 351 g/mol. The number of rotatable bonds is 5. The second kappa shape index (κ2) is 7.61. The Kier molecular flexibility index (Phi) is 5.77. The normalized spacial score (nSPS) is 19.8. The van der Waals surface area contributed by atoms with Crippen molar-refractivity contribution in [2.75, 3.05) is 12.4 Å². The van der Waals surface area contributed by atoms with Gasteiger partial charge in [0.15, 0.2) is 0 Å². The maximum Gasteiger partial charge on any atom is 0.341 e. The fraction of sp³-hybridized carbons (Fsp3) is 0.471. The molecule has 130 valence electrons.